The Bertz CT molecular complexity index is 708. The number of carbonyl (C=O) groups excluding carboxylic acids is 2. The molecule has 0 saturated heterocycles. The van der Waals surface area contributed by atoms with Crippen LogP contribution in [0.15, 0.2) is 35.2 Å². The fraction of sp³-hybridized carbons (Fsp3) is 0.550. The van der Waals surface area contributed by atoms with Crippen LogP contribution in [-0.4, -0.2) is 36.8 Å². The lowest BCUT2D eigenvalue weighted by Gasteiger charge is -2.34. The molecular formula is C20H29N3O4S. The first-order chi connectivity index (χ1) is 13.4. The molecule has 8 heteroatoms. The lowest BCUT2D eigenvalue weighted by Crippen LogP contribution is -2.41. The molecule has 1 heterocycles. The van der Waals surface area contributed by atoms with Crippen LogP contribution in [0.1, 0.15) is 39.5 Å². The largest absolute Gasteiger partial charge is 0.463 e. The molecule has 0 aromatic carbocycles. The van der Waals surface area contributed by atoms with Crippen molar-refractivity contribution in [2.75, 3.05) is 19.8 Å². The van der Waals surface area contributed by atoms with Gasteiger partial charge >= 0.3 is 11.9 Å². The van der Waals surface area contributed by atoms with Gasteiger partial charge in [-0.15, -0.1) is 0 Å². The van der Waals surface area contributed by atoms with Gasteiger partial charge in [0.1, 0.15) is 6.61 Å². The molecule has 1 atom stereocenters. The van der Waals surface area contributed by atoms with Crippen molar-refractivity contribution in [3.05, 3.63) is 35.2 Å². The summed E-state index contributed by atoms with van der Waals surface area (Å²) in [4.78, 5) is 25.7. The molecule has 1 unspecified atom stereocenters. The van der Waals surface area contributed by atoms with E-state index in [0.29, 0.717) is 22.5 Å². The molecule has 0 aromatic rings. The van der Waals surface area contributed by atoms with Crippen LogP contribution >= 0.6 is 12.2 Å². The average molecular weight is 408 g/mol. The quantitative estimate of drug-likeness (QED) is 0.319. The van der Waals surface area contributed by atoms with Crippen LogP contribution in [0.25, 0.3) is 0 Å². The highest BCUT2D eigenvalue weighted by Gasteiger charge is 2.42. The first-order valence-electron chi connectivity index (χ1n) is 9.59. The Morgan fingerprint density at radius 2 is 1.93 bits per heavy atom. The third-order valence-electron chi connectivity index (χ3n) is 5.05. The second kappa shape index (κ2) is 10.3. The van der Waals surface area contributed by atoms with Crippen LogP contribution < -0.4 is 16.4 Å². The van der Waals surface area contributed by atoms with E-state index < -0.39 is 11.9 Å². The predicted octanol–water partition coefficient (Wildman–Crippen LogP) is 2.05. The van der Waals surface area contributed by atoms with Crippen molar-refractivity contribution in [2.24, 2.45) is 17.6 Å². The monoisotopic (exact) mass is 407 g/mol. The fourth-order valence-electron chi connectivity index (χ4n) is 3.95. The van der Waals surface area contributed by atoms with E-state index in [-0.39, 0.29) is 36.7 Å². The number of hydrogen-bond acceptors (Lipinski definition) is 6. The van der Waals surface area contributed by atoms with Crippen LogP contribution in [0, 0.1) is 11.8 Å². The molecule has 0 amide bonds. The van der Waals surface area contributed by atoms with Gasteiger partial charge in [-0.25, -0.2) is 9.59 Å². The Morgan fingerprint density at radius 1 is 1.29 bits per heavy atom. The Kier molecular flexibility index (Phi) is 8.04. The Hall–Kier alpha value is -2.35. The van der Waals surface area contributed by atoms with Gasteiger partial charge in [0.2, 0.25) is 0 Å². The molecule has 1 saturated carbocycles. The molecule has 154 valence electrons. The molecule has 0 bridgehead atoms. The predicted molar refractivity (Wildman–Crippen MR) is 111 cm³/mol. The van der Waals surface area contributed by atoms with Gasteiger partial charge in [-0.05, 0) is 44.8 Å². The maximum absolute atomic E-state index is 12.9. The second-order valence-corrected chi connectivity index (χ2v) is 7.34. The fourth-order valence-corrected chi connectivity index (χ4v) is 4.03. The van der Waals surface area contributed by atoms with E-state index in [2.05, 4.69) is 17.2 Å². The first-order valence-corrected chi connectivity index (χ1v) is 10.0. The highest BCUT2D eigenvalue weighted by Crippen LogP contribution is 2.43. The molecule has 7 nitrogen and oxygen atoms in total. The number of hydrogen-bond donors (Lipinski definition) is 3. The number of dihydropyridines is 1. The zero-order valence-electron chi connectivity index (χ0n) is 16.5. The Balaban J connectivity index is 2.51. The number of esters is 2. The van der Waals surface area contributed by atoms with Crippen molar-refractivity contribution in [1.82, 2.24) is 10.6 Å². The molecule has 1 aliphatic carbocycles. The molecule has 0 spiro atoms. The summed E-state index contributed by atoms with van der Waals surface area (Å²) in [5, 5.41) is 6.19. The summed E-state index contributed by atoms with van der Waals surface area (Å²) in [6.45, 7) is 7.77. The third-order valence-corrected chi connectivity index (χ3v) is 5.19. The van der Waals surface area contributed by atoms with E-state index in [0.717, 1.165) is 25.7 Å². The van der Waals surface area contributed by atoms with Gasteiger partial charge in [0.15, 0.2) is 5.11 Å². The number of rotatable bonds is 8. The van der Waals surface area contributed by atoms with Crippen LogP contribution in [0.3, 0.4) is 0 Å². The van der Waals surface area contributed by atoms with E-state index in [1.807, 2.05) is 6.92 Å². The first kappa shape index (κ1) is 21.9. The summed E-state index contributed by atoms with van der Waals surface area (Å²) >= 11 is 4.90. The van der Waals surface area contributed by atoms with E-state index in [9.17, 15) is 9.59 Å². The second-order valence-electron chi connectivity index (χ2n) is 6.90. The van der Waals surface area contributed by atoms with Gasteiger partial charge in [0.25, 0.3) is 0 Å². The maximum Gasteiger partial charge on any atom is 0.336 e. The smallest absolute Gasteiger partial charge is 0.336 e. The van der Waals surface area contributed by atoms with Gasteiger partial charge in [0, 0.05) is 17.3 Å². The van der Waals surface area contributed by atoms with Gasteiger partial charge in [-0.3, -0.25) is 0 Å². The van der Waals surface area contributed by atoms with E-state index in [1.54, 1.807) is 6.92 Å². The number of nitrogens with one attached hydrogen (secondary N) is 2. The minimum Gasteiger partial charge on any atom is -0.463 e. The normalized spacial score (nSPS) is 19.9. The third kappa shape index (κ3) is 5.13. The zero-order valence-corrected chi connectivity index (χ0v) is 17.3. The summed E-state index contributed by atoms with van der Waals surface area (Å²) in [6, 6.07) is 0. The van der Waals surface area contributed by atoms with Gasteiger partial charge in [-0.1, -0.05) is 25.5 Å². The number of thiocarbonyl (C=S) groups is 1. The van der Waals surface area contributed by atoms with Crippen LogP contribution in [-0.2, 0) is 19.1 Å². The SMILES string of the molecule is C=CCOC(=O)C1=C(C)NC(CNC(N)=S)=C(C(=O)OCC)C1C1CCCC1. The van der Waals surface area contributed by atoms with Crippen molar-refractivity contribution >= 4 is 29.3 Å². The number of carbonyl (C=O) groups is 2. The van der Waals surface area contributed by atoms with E-state index in [1.165, 1.54) is 6.08 Å². The zero-order chi connectivity index (χ0) is 20.7. The van der Waals surface area contributed by atoms with Crippen molar-refractivity contribution < 1.29 is 19.1 Å². The van der Waals surface area contributed by atoms with E-state index in [4.69, 9.17) is 27.4 Å². The summed E-state index contributed by atoms with van der Waals surface area (Å²) in [5.74, 6) is -1.09. The number of ether oxygens (including phenoxy) is 2. The topological polar surface area (TPSA) is 103 Å². The highest BCUT2D eigenvalue weighted by atomic mass is 32.1. The van der Waals surface area contributed by atoms with Gasteiger partial charge in [0.05, 0.1) is 24.3 Å². The summed E-state index contributed by atoms with van der Waals surface area (Å²) in [5.41, 5.74) is 7.80. The Morgan fingerprint density at radius 3 is 2.50 bits per heavy atom. The maximum atomic E-state index is 12.9. The standard InChI is InChI=1S/C20H29N3O4S/c1-4-10-27-18(24)15-12(3)23-14(11-22-20(21)28)17(19(25)26-5-2)16(15)13-8-6-7-9-13/h4,13,16,23H,1,5-11H2,2-3H3,(H3,21,22,28). The molecule has 28 heavy (non-hydrogen) atoms. The van der Waals surface area contributed by atoms with Crippen LogP contribution in [0.2, 0.25) is 0 Å². The number of nitrogens with two attached hydrogens (primary N) is 1. The summed E-state index contributed by atoms with van der Waals surface area (Å²) in [6.07, 6.45) is 5.54. The minimum absolute atomic E-state index is 0.112. The minimum atomic E-state index is -0.440. The molecule has 2 aliphatic rings. The molecule has 0 radical (unpaired) electrons. The molecular weight excluding hydrogens is 378 g/mol. The average Bonchev–Trinajstić information content (AvgIpc) is 3.18. The van der Waals surface area contributed by atoms with Crippen molar-refractivity contribution in [3.8, 4) is 0 Å². The lowest BCUT2D eigenvalue weighted by atomic mass is 9.75. The highest BCUT2D eigenvalue weighted by molar-refractivity contribution is 7.80. The molecule has 4 N–H and O–H groups in total. The van der Waals surface area contributed by atoms with Gasteiger partial charge < -0.3 is 25.8 Å². The van der Waals surface area contributed by atoms with E-state index >= 15 is 0 Å². The summed E-state index contributed by atoms with van der Waals surface area (Å²) in [7, 11) is 0. The molecule has 0 aromatic heterocycles. The molecule has 2 rings (SSSR count). The van der Waals surface area contributed by atoms with Crippen molar-refractivity contribution in [1.29, 1.82) is 0 Å². The Labute approximate surface area is 171 Å². The van der Waals surface area contributed by atoms with Crippen molar-refractivity contribution in [3.63, 3.8) is 0 Å². The lowest BCUT2D eigenvalue weighted by molar-refractivity contribution is -0.140. The van der Waals surface area contributed by atoms with Gasteiger partial charge in [-0.2, -0.15) is 0 Å². The van der Waals surface area contributed by atoms with Crippen molar-refractivity contribution in [2.45, 2.75) is 39.5 Å². The van der Waals surface area contributed by atoms with Crippen LogP contribution in [0.4, 0.5) is 0 Å². The molecule has 1 fully saturated rings. The molecule has 1 aliphatic heterocycles. The number of allylic oxidation sites excluding steroid dienone is 1. The summed E-state index contributed by atoms with van der Waals surface area (Å²) < 4.78 is 10.7. The van der Waals surface area contributed by atoms with Crippen LogP contribution in [0.5, 0.6) is 0 Å².